The zero-order valence-corrected chi connectivity index (χ0v) is 13.0. The van der Waals surface area contributed by atoms with E-state index >= 15 is 0 Å². The molecule has 0 saturated heterocycles. The molecule has 0 fully saturated rings. The molecule has 2 aromatic rings. The van der Waals surface area contributed by atoms with Crippen LogP contribution in [-0.2, 0) is 0 Å². The van der Waals surface area contributed by atoms with Crippen molar-refractivity contribution in [2.24, 2.45) is 11.3 Å². The minimum absolute atomic E-state index is 0.146. The number of aliphatic hydroxyl groups is 1. The van der Waals surface area contributed by atoms with Gasteiger partial charge >= 0.3 is 0 Å². The van der Waals surface area contributed by atoms with Gasteiger partial charge < -0.3 is 10.4 Å². The van der Waals surface area contributed by atoms with Gasteiger partial charge in [-0.2, -0.15) is 0 Å². The van der Waals surface area contributed by atoms with Crippen molar-refractivity contribution in [1.82, 2.24) is 14.7 Å². The number of hydrogen-bond acceptors (Lipinski definition) is 3. The first kappa shape index (κ1) is 15.5. The van der Waals surface area contributed by atoms with Crippen molar-refractivity contribution in [1.29, 1.82) is 0 Å². The number of imidazole rings is 1. The van der Waals surface area contributed by atoms with E-state index in [1.807, 2.05) is 52.1 Å². The molecule has 0 aliphatic rings. The zero-order chi connectivity index (χ0) is 15.6. The van der Waals surface area contributed by atoms with E-state index in [-0.39, 0.29) is 17.2 Å². The van der Waals surface area contributed by atoms with Crippen LogP contribution in [0.1, 0.15) is 38.2 Å². The van der Waals surface area contributed by atoms with Crippen LogP contribution < -0.4 is 5.32 Å². The Morgan fingerprint density at radius 2 is 2.14 bits per heavy atom. The molecule has 2 aromatic heterocycles. The van der Waals surface area contributed by atoms with E-state index in [9.17, 15) is 9.90 Å². The first-order chi connectivity index (χ1) is 9.83. The number of carbonyl (C=O) groups is 1. The lowest BCUT2D eigenvalue weighted by Gasteiger charge is -2.33. The van der Waals surface area contributed by atoms with Crippen LogP contribution in [0.25, 0.3) is 5.65 Å². The first-order valence-corrected chi connectivity index (χ1v) is 7.21. The van der Waals surface area contributed by atoms with Gasteiger partial charge in [-0.3, -0.25) is 9.20 Å². The van der Waals surface area contributed by atoms with Crippen molar-refractivity contribution in [3.05, 3.63) is 36.3 Å². The monoisotopic (exact) mass is 289 g/mol. The second-order valence-corrected chi connectivity index (χ2v) is 6.43. The molecule has 2 heterocycles. The van der Waals surface area contributed by atoms with Gasteiger partial charge in [-0.05, 0) is 18.1 Å². The molecule has 0 spiro atoms. The number of aliphatic hydroxyl groups excluding tert-OH is 1. The highest BCUT2D eigenvalue weighted by atomic mass is 16.3. The van der Waals surface area contributed by atoms with Gasteiger partial charge in [-0.25, -0.2) is 4.98 Å². The molecule has 2 N–H and O–H groups in total. The molecule has 0 aliphatic carbocycles. The molecular weight excluding hydrogens is 266 g/mol. The number of nitrogens with zero attached hydrogens (tertiary/aromatic N) is 2. The van der Waals surface area contributed by atoms with Gasteiger partial charge in [0.05, 0.1) is 12.3 Å². The van der Waals surface area contributed by atoms with E-state index in [4.69, 9.17) is 0 Å². The third kappa shape index (κ3) is 3.24. The molecule has 0 aromatic carbocycles. The lowest BCUT2D eigenvalue weighted by molar-refractivity contribution is 0.0138. The maximum Gasteiger partial charge on any atom is 0.269 e. The Kier molecular flexibility index (Phi) is 4.32. The molecule has 1 unspecified atom stereocenters. The lowest BCUT2D eigenvalue weighted by Crippen LogP contribution is -2.43. The highest BCUT2D eigenvalue weighted by Gasteiger charge is 2.30. The molecular formula is C16H23N3O2. The molecule has 1 atom stereocenters. The Labute approximate surface area is 125 Å². The van der Waals surface area contributed by atoms with E-state index in [0.29, 0.717) is 12.2 Å². The van der Waals surface area contributed by atoms with Gasteiger partial charge in [-0.15, -0.1) is 0 Å². The smallest absolute Gasteiger partial charge is 0.269 e. The van der Waals surface area contributed by atoms with Crippen LogP contribution in [-0.4, -0.2) is 33.0 Å². The molecule has 5 heteroatoms. The standard InChI is InChI=1S/C16H23N3O2/c1-11(2)14(20)16(3,4)10-18-15(21)12-9-17-13-7-5-6-8-19(12)13/h5-9,11,14,20H,10H2,1-4H3,(H,18,21). The van der Waals surface area contributed by atoms with Crippen molar-refractivity contribution in [3.63, 3.8) is 0 Å². The SMILES string of the molecule is CC(C)C(O)C(C)(C)CNC(=O)c1cnc2ccccn12. The fraction of sp³-hybridized carbons (Fsp3) is 0.500. The van der Waals surface area contributed by atoms with Crippen molar-refractivity contribution < 1.29 is 9.90 Å². The average Bonchev–Trinajstić information content (AvgIpc) is 2.88. The van der Waals surface area contributed by atoms with Crippen LogP contribution in [0.3, 0.4) is 0 Å². The molecule has 1 amide bonds. The topological polar surface area (TPSA) is 66.6 Å². The summed E-state index contributed by atoms with van der Waals surface area (Å²) in [5.41, 5.74) is 0.856. The van der Waals surface area contributed by atoms with Crippen LogP contribution >= 0.6 is 0 Å². The fourth-order valence-electron chi connectivity index (χ4n) is 2.51. The number of aromatic nitrogens is 2. The summed E-state index contributed by atoms with van der Waals surface area (Å²) in [4.78, 5) is 16.5. The minimum atomic E-state index is -0.472. The number of fused-ring (bicyclic) bond motifs is 1. The summed E-state index contributed by atoms with van der Waals surface area (Å²) in [6.45, 7) is 8.25. The van der Waals surface area contributed by atoms with E-state index in [2.05, 4.69) is 10.3 Å². The summed E-state index contributed by atoms with van der Waals surface area (Å²) in [6, 6.07) is 5.59. The van der Waals surface area contributed by atoms with Gasteiger partial charge in [-0.1, -0.05) is 33.8 Å². The summed E-state index contributed by atoms with van der Waals surface area (Å²) in [7, 11) is 0. The maximum absolute atomic E-state index is 12.3. The normalized spacial score (nSPS) is 13.6. The number of nitrogens with one attached hydrogen (secondary N) is 1. The van der Waals surface area contributed by atoms with E-state index in [0.717, 1.165) is 5.65 Å². The molecule has 0 saturated carbocycles. The van der Waals surface area contributed by atoms with E-state index < -0.39 is 6.10 Å². The van der Waals surface area contributed by atoms with Gasteiger partial charge in [0.15, 0.2) is 0 Å². The molecule has 0 radical (unpaired) electrons. The summed E-state index contributed by atoms with van der Waals surface area (Å²) in [6.07, 6.45) is 2.90. The van der Waals surface area contributed by atoms with Crippen molar-refractivity contribution in [2.75, 3.05) is 6.54 Å². The number of rotatable bonds is 5. The highest BCUT2D eigenvalue weighted by Crippen LogP contribution is 2.25. The van der Waals surface area contributed by atoms with Crippen LogP contribution in [0.5, 0.6) is 0 Å². The maximum atomic E-state index is 12.3. The molecule has 5 nitrogen and oxygen atoms in total. The summed E-state index contributed by atoms with van der Waals surface area (Å²) >= 11 is 0. The molecule has 2 rings (SSSR count). The van der Waals surface area contributed by atoms with Crippen LogP contribution in [0.2, 0.25) is 0 Å². The largest absolute Gasteiger partial charge is 0.392 e. The predicted octanol–water partition coefficient (Wildman–Crippen LogP) is 2.11. The molecule has 0 aliphatic heterocycles. The third-order valence-electron chi connectivity index (χ3n) is 3.79. The van der Waals surface area contributed by atoms with Crippen LogP contribution in [0.4, 0.5) is 0 Å². The Bertz CT molecular complexity index is 631. The number of pyridine rings is 1. The first-order valence-electron chi connectivity index (χ1n) is 7.21. The van der Waals surface area contributed by atoms with E-state index in [1.54, 1.807) is 10.6 Å². The number of hydrogen-bond donors (Lipinski definition) is 2. The average molecular weight is 289 g/mol. The number of amides is 1. The van der Waals surface area contributed by atoms with Gasteiger partial charge in [0.25, 0.3) is 5.91 Å². The molecule has 0 bridgehead atoms. The molecule has 21 heavy (non-hydrogen) atoms. The van der Waals surface area contributed by atoms with Crippen molar-refractivity contribution in [3.8, 4) is 0 Å². The minimum Gasteiger partial charge on any atom is -0.392 e. The second kappa shape index (κ2) is 5.85. The van der Waals surface area contributed by atoms with Gasteiger partial charge in [0, 0.05) is 18.2 Å². The van der Waals surface area contributed by atoms with Gasteiger partial charge in [0.1, 0.15) is 11.3 Å². The quantitative estimate of drug-likeness (QED) is 0.886. The summed E-state index contributed by atoms with van der Waals surface area (Å²) in [5, 5.41) is 13.1. The molecule has 114 valence electrons. The summed E-state index contributed by atoms with van der Waals surface area (Å²) in [5.74, 6) is -0.0366. The Hall–Kier alpha value is -1.88. The Morgan fingerprint density at radius 3 is 2.81 bits per heavy atom. The van der Waals surface area contributed by atoms with Crippen LogP contribution in [0.15, 0.2) is 30.6 Å². The van der Waals surface area contributed by atoms with E-state index in [1.165, 1.54) is 0 Å². The third-order valence-corrected chi connectivity index (χ3v) is 3.79. The Morgan fingerprint density at radius 1 is 1.43 bits per heavy atom. The van der Waals surface area contributed by atoms with Gasteiger partial charge in [0.2, 0.25) is 0 Å². The lowest BCUT2D eigenvalue weighted by atomic mass is 9.80. The number of carbonyl (C=O) groups excluding carboxylic acids is 1. The second-order valence-electron chi connectivity index (χ2n) is 6.43. The van der Waals surface area contributed by atoms with Crippen LogP contribution in [0, 0.1) is 11.3 Å². The zero-order valence-electron chi connectivity index (χ0n) is 13.0. The predicted molar refractivity (Wildman–Crippen MR) is 82.2 cm³/mol. The summed E-state index contributed by atoms with van der Waals surface area (Å²) < 4.78 is 1.75. The van der Waals surface area contributed by atoms with Crippen molar-refractivity contribution >= 4 is 11.6 Å². The van der Waals surface area contributed by atoms with Crippen molar-refractivity contribution in [2.45, 2.75) is 33.8 Å². The highest BCUT2D eigenvalue weighted by molar-refractivity contribution is 5.93. The fourth-order valence-corrected chi connectivity index (χ4v) is 2.51. The Balaban J connectivity index is 2.09.